The summed E-state index contributed by atoms with van der Waals surface area (Å²) in [6.07, 6.45) is 8.52. The molecule has 0 amide bonds. The Labute approximate surface area is 133 Å². The van der Waals surface area contributed by atoms with E-state index in [0.29, 0.717) is 0 Å². The van der Waals surface area contributed by atoms with Crippen molar-refractivity contribution >= 4 is 33.2 Å². The van der Waals surface area contributed by atoms with Crippen LogP contribution in [0.2, 0.25) is 8.87 Å². The standard InChI is InChI=1S/C9H8O2.2C4H9.Sn/c10-9(11)7-6-8-4-2-1-3-5-8;2*1-3-4-2;/h1-7H,(H,10,11);2*1,3-4H2,2H3;. The molecule has 1 rings (SSSR count). The third-order valence-electron chi connectivity index (χ3n) is 2.63. The maximum absolute atomic E-state index is 10.1. The van der Waals surface area contributed by atoms with Crippen LogP contribution in [-0.2, 0) is 4.79 Å². The number of carboxylic acids is 1. The summed E-state index contributed by atoms with van der Waals surface area (Å²) < 4.78 is 3.25. The van der Waals surface area contributed by atoms with Gasteiger partial charge >= 0.3 is 75.5 Å². The molecule has 0 saturated heterocycles. The van der Waals surface area contributed by atoms with Gasteiger partial charge in [-0.15, -0.1) is 0 Å². The molecule has 1 N–H and O–H groups in total. The van der Waals surface area contributed by atoms with Gasteiger partial charge in [-0.1, -0.05) is 30.3 Å². The Bertz CT molecular complexity index is 355. The van der Waals surface area contributed by atoms with Crippen molar-refractivity contribution in [1.82, 2.24) is 0 Å². The normalized spacial score (nSPS) is 10.1. The monoisotopic (exact) mass is 382 g/mol. The van der Waals surface area contributed by atoms with Crippen LogP contribution in [0.25, 0.3) is 6.08 Å². The molecule has 0 bridgehead atoms. The number of benzene rings is 1. The molecule has 1 aromatic rings. The fraction of sp³-hybridized carbons (Fsp3) is 0.471. The van der Waals surface area contributed by atoms with Crippen LogP contribution < -0.4 is 0 Å². The molecule has 0 unspecified atom stereocenters. The Kier molecular flexibility index (Phi) is 14.1. The second kappa shape index (κ2) is 14.6. The van der Waals surface area contributed by atoms with Gasteiger partial charge in [-0.25, -0.2) is 4.79 Å². The Balaban J connectivity index is 0.000000370. The van der Waals surface area contributed by atoms with Crippen molar-refractivity contribution < 1.29 is 9.90 Å². The van der Waals surface area contributed by atoms with Gasteiger partial charge < -0.3 is 5.11 Å². The van der Waals surface area contributed by atoms with Crippen LogP contribution >= 0.6 is 0 Å². The zero-order valence-electron chi connectivity index (χ0n) is 12.6. The number of hydrogen-bond donors (Lipinski definition) is 1. The van der Waals surface area contributed by atoms with Crippen LogP contribution in [0.1, 0.15) is 45.1 Å². The van der Waals surface area contributed by atoms with Crippen LogP contribution in [0.4, 0.5) is 0 Å². The largest absolute Gasteiger partial charge is 0.478 e. The average Bonchev–Trinajstić information content (AvgIpc) is 2.47. The molecule has 1 aromatic carbocycles. The molecule has 2 radical (unpaired) electrons. The van der Waals surface area contributed by atoms with Crippen LogP contribution in [-0.4, -0.2) is 32.2 Å². The first-order chi connectivity index (χ1) is 9.70. The molecule has 0 heterocycles. The van der Waals surface area contributed by atoms with E-state index < -0.39 is 5.97 Å². The van der Waals surface area contributed by atoms with Gasteiger partial charge in [0.05, 0.1) is 0 Å². The van der Waals surface area contributed by atoms with Gasteiger partial charge in [-0.05, 0) is 11.6 Å². The summed E-state index contributed by atoms with van der Waals surface area (Å²) in [4.78, 5) is 10.1. The van der Waals surface area contributed by atoms with Gasteiger partial charge in [0.15, 0.2) is 0 Å². The quantitative estimate of drug-likeness (QED) is 0.395. The summed E-state index contributed by atoms with van der Waals surface area (Å²) in [6.45, 7) is 4.58. The third-order valence-corrected chi connectivity index (χ3v) is 6.67. The fourth-order valence-corrected chi connectivity index (χ4v) is 5.62. The molecule has 0 aromatic heterocycles. The molecule has 0 saturated carbocycles. The van der Waals surface area contributed by atoms with Crippen LogP contribution in [0.3, 0.4) is 0 Å². The van der Waals surface area contributed by atoms with E-state index >= 15 is 0 Å². The predicted molar refractivity (Wildman–Crippen MR) is 88.3 cm³/mol. The van der Waals surface area contributed by atoms with Crippen molar-refractivity contribution in [3.8, 4) is 0 Å². The van der Waals surface area contributed by atoms with Gasteiger partial charge in [0.2, 0.25) is 0 Å². The Morgan fingerprint density at radius 2 is 1.65 bits per heavy atom. The summed E-state index contributed by atoms with van der Waals surface area (Å²) in [7, 11) is 0. The number of aliphatic carboxylic acids is 1. The minimum atomic E-state index is -0.922. The second-order valence-corrected chi connectivity index (χ2v) is 8.82. The second-order valence-electron chi connectivity index (χ2n) is 4.54. The van der Waals surface area contributed by atoms with Crippen molar-refractivity contribution in [2.45, 2.75) is 48.4 Å². The van der Waals surface area contributed by atoms with Crippen molar-refractivity contribution in [2.24, 2.45) is 0 Å². The van der Waals surface area contributed by atoms with E-state index in [-0.39, 0.29) is 21.1 Å². The van der Waals surface area contributed by atoms with Crippen molar-refractivity contribution in [3.05, 3.63) is 42.0 Å². The van der Waals surface area contributed by atoms with Crippen molar-refractivity contribution in [3.63, 3.8) is 0 Å². The summed E-state index contributed by atoms with van der Waals surface area (Å²) in [6, 6.07) is 9.31. The smallest absolute Gasteiger partial charge is 0.328 e. The van der Waals surface area contributed by atoms with Crippen molar-refractivity contribution in [2.75, 3.05) is 0 Å². The number of hydrogen-bond acceptors (Lipinski definition) is 1. The number of unbranched alkanes of at least 4 members (excludes halogenated alkanes) is 2. The summed E-state index contributed by atoms with van der Waals surface area (Å²) in [5.41, 5.74) is 0.898. The Morgan fingerprint density at radius 3 is 2.10 bits per heavy atom. The first-order valence-electron chi connectivity index (χ1n) is 7.37. The van der Waals surface area contributed by atoms with E-state index in [1.165, 1.54) is 25.7 Å². The zero-order chi connectivity index (χ0) is 15.1. The molecule has 0 fully saturated rings. The first kappa shape index (κ1) is 19.2. The van der Waals surface area contributed by atoms with Gasteiger partial charge in [-0.3, -0.25) is 0 Å². The topological polar surface area (TPSA) is 37.3 Å². The summed E-state index contributed by atoms with van der Waals surface area (Å²) in [5, 5.41) is 8.29. The molecule has 0 aliphatic heterocycles. The maximum Gasteiger partial charge on any atom is 0.328 e. The molecule has 0 spiro atoms. The van der Waals surface area contributed by atoms with Crippen molar-refractivity contribution in [1.29, 1.82) is 0 Å². The molecule has 20 heavy (non-hydrogen) atoms. The van der Waals surface area contributed by atoms with Gasteiger partial charge in [0.1, 0.15) is 0 Å². The molecular formula is C17H26O2Sn. The van der Waals surface area contributed by atoms with E-state index in [9.17, 15) is 4.79 Å². The third kappa shape index (κ3) is 13.7. The van der Waals surface area contributed by atoms with Crippen LogP contribution in [0, 0.1) is 0 Å². The van der Waals surface area contributed by atoms with E-state index in [1.54, 1.807) is 14.9 Å². The first-order valence-corrected chi connectivity index (χ1v) is 11.4. The Morgan fingerprint density at radius 1 is 1.10 bits per heavy atom. The van der Waals surface area contributed by atoms with Gasteiger partial charge in [-0.2, -0.15) is 0 Å². The van der Waals surface area contributed by atoms with E-state index in [0.717, 1.165) is 11.6 Å². The zero-order valence-corrected chi connectivity index (χ0v) is 15.5. The minimum Gasteiger partial charge on any atom is -0.478 e. The molecule has 2 nitrogen and oxygen atoms in total. The number of carboxylic acid groups (broad SMARTS) is 1. The summed E-state index contributed by atoms with van der Waals surface area (Å²) in [5.74, 6) is -0.922. The van der Waals surface area contributed by atoms with Gasteiger partial charge in [0.25, 0.3) is 0 Å². The molecule has 110 valence electrons. The number of carbonyl (C=O) groups is 1. The molecule has 0 atom stereocenters. The molecule has 3 heteroatoms. The molecule has 0 aliphatic rings. The van der Waals surface area contributed by atoms with Crippen LogP contribution in [0.15, 0.2) is 36.4 Å². The van der Waals surface area contributed by atoms with Gasteiger partial charge in [0, 0.05) is 6.08 Å². The van der Waals surface area contributed by atoms with E-state index in [4.69, 9.17) is 5.11 Å². The van der Waals surface area contributed by atoms with E-state index in [1.807, 2.05) is 30.3 Å². The van der Waals surface area contributed by atoms with E-state index in [2.05, 4.69) is 13.8 Å². The average molecular weight is 381 g/mol. The number of rotatable bonds is 8. The SMILES string of the molecule is CCC[CH2][Sn][CH2]CCC.O=C(O)C=Cc1ccccc1. The predicted octanol–water partition coefficient (Wildman–Crippen LogP) is 4.91. The molecule has 0 aliphatic carbocycles. The van der Waals surface area contributed by atoms with Crippen LogP contribution in [0.5, 0.6) is 0 Å². The Hall–Kier alpha value is -0.771. The summed E-state index contributed by atoms with van der Waals surface area (Å²) >= 11 is 0.149. The maximum atomic E-state index is 10.1. The molecular weight excluding hydrogens is 355 g/mol. The minimum absolute atomic E-state index is 0.149. The fourth-order valence-electron chi connectivity index (χ4n) is 1.46.